The highest BCUT2D eigenvalue weighted by atomic mass is 32.1. The number of fused-ring (bicyclic) bond motifs is 3. The predicted molar refractivity (Wildman–Crippen MR) is 109 cm³/mol. The minimum atomic E-state index is -0.0808. The van der Waals surface area contributed by atoms with E-state index < -0.39 is 0 Å². The molecule has 0 spiro atoms. The molecule has 0 aliphatic heterocycles. The molecule has 4 nitrogen and oxygen atoms in total. The van der Waals surface area contributed by atoms with Crippen LogP contribution >= 0.6 is 11.3 Å². The van der Waals surface area contributed by atoms with Crippen LogP contribution in [0.2, 0.25) is 0 Å². The van der Waals surface area contributed by atoms with Crippen LogP contribution in [0.4, 0.5) is 0 Å². The van der Waals surface area contributed by atoms with Gasteiger partial charge in [-0.2, -0.15) is 5.10 Å². The molecule has 130 valence electrons. The first-order valence-corrected chi connectivity index (χ1v) is 9.45. The monoisotopic (exact) mass is 361 g/mol. The van der Waals surface area contributed by atoms with Gasteiger partial charge in [-0.1, -0.05) is 42.5 Å². The molecule has 5 heteroatoms. The lowest BCUT2D eigenvalue weighted by molar-refractivity contribution is -0.121. The molecule has 0 unspecified atom stereocenters. The Labute approximate surface area is 155 Å². The van der Waals surface area contributed by atoms with E-state index >= 15 is 0 Å². The Balaban J connectivity index is 1.52. The zero-order chi connectivity index (χ0) is 17.9. The van der Waals surface area contributed by atoms with Crippen LogP contribution in [0.5, 0.6) is 0 Å². The van der Waals surface area contributed by atoms with Gasteiger partial charge >= 0.3 is 0 Å². The molecule has 4 rings (SSSR count). The van der Waals surface area contributed by atoms with Gasteiger partial charge in [0, 0.05) is 39.6 Å². The zero-order valence-corrected chi connectivity index (χ0v) is 15.3. The lowest BCUT2D eigenvalue weighted by Crippen LogP contribution is -2.20. The molecule has 2 heterocycles. The normalized spacial score (nSPS) is 12.0. The Morgan fingerprint density at radius 1 is 1.00 bits per heavy atom. The lowest BCUT2D eigenvalue weighted by Gasteiger charge is -2.07. The van der Waals surface area contributed by atoms with Crippen molar-refractivity contribution in [1.82, 2.24) is 9.99 Å². The number of hydrogen-bond donors (Lipinski definition) is 1. The maximum atomic E-state index is 12.3. The summed E-state index contributed by atoms with van der Waals surface area (Å²) in [4.78, 5) is 13.3. The largest absolute Gasteiger partial charge is 0.340 e. The molecule has 0 bridgehead atoms. The minimum Gasteiger partial charge on any atom is -0.340 e. The summed E-state index contributed by atoms with van der Waals surface area (Å²) in [5.74, 6) is -0.0808. The Morgan fingerprint density at radius 3 is 2.27 bits per heavy atom. The summed E-state index contributed by atoms with van der Waals surface area (Å²) < 4.78 is 2.21. The Morgan fingerprint density at radius 2 is 1.65 bits per heavy atom. The molecule has 0 aliphatic rings. The Kier molecular flexibility index (Phi) is 4.54. The first-order valence-electron chi connectivity index (χ1n) is 8.57. The number of aromatic nitrogens is 1. The van der Waals surface area contributed by atoms with Gasteiger partial charge < -0.3 is 4.57 Å². The van der Waals surface area contributed by atoms with E-state index in [0.717, 1.165) is 21.6 Å². The number of benzene rings is 2. The summed E-state index contributed by atoms with van der Waals surface area (Å²) in [7, 11) is 0. The van der Waals surface area contributed by atoms with E-state index in [2.05, 4.69) is 39.4 Å². The van der Waals surface area contributed by atoms with Crippen LogP contribution in [0.1, 0.15) is 18.2 Å². The van der Waals surface area contributed by atoms with Crippen LogP contribution in [0.15, 0.2) is 71.1 Å². The van der Waals surface area contributed by atoms with Gasteiger partial charge in [-0.25, -0.2) is 5.43 Å². The van der Waals surface area contributed by atoms with Crippen molar-refractivity contribution >= 4 is 44.8 Å². The average molecular weight is 361 g/mol. The van der Waals surface area contributed by atoms with Crippen molar-refractivity contribution in [2.24, 2.45) is 5.10 Å². The molecule has 4 aromatic rings. The van der Waals surface area contributed by atoms with Crippen molar-refractivity contribution in [3.63, 3.8) is 0 Å². The molecule has 1 amide bonds. The van der Waals surface area contributed by atoms with E-state index in [4.69, 9.17) is 0 Å². The van der Waals surface area contributed by atoms with Crippen molar-refractivity contribution in [2.45, 2.75) is 19.9 Å². The molecule has 1 N–H and O–H groups in total. The summed E-state index contributed by atoms with van der Waals surface area (Å²) in [6.45, 7) is 2.52. The number of carbonyl (C=O) groups excluding carboxylic acids is 1. The first-order chi connectivity index (χ1) is 12.7. The molecule has 0 atom stereocenters. The average Bonchev–Trinajstić information content (AvgIpc) is 3.31. The second kappa shape index (κ2) is 7.14. The number of hydrogen-bond acceptors (Lipinski definition) is 3. The maximum Gasteiger partial charge on any atom is 0.241 e. The number of nitrogens with zero attached hydrogens (tertiary/aromatic N) is 2. The predicted octanol–water partition coefficient (Wildman–Crippen LogP) is 4.79. The Bertz CT molecular complexity index is 1040. The van der Waals surface area contributed by atoms with Crippen molar-refractivity contribution in [1.29, 1.82) is 0 Å². The number of rotatable bonds is 5. The third-order valence-corrected chi connectivity index (χ3v) is 5.45. The Hall–Kier alpha value is -2.92. The van der Waals surface area contributed by atoms with Gasteiger partial charge in [-0.15, -0.1) is 11.3 Å². The summed E-state index contributed by atoms with van der Waals surface area (Å²) >= 11 is 1.61. The molecule has 0 saturated carbocycles. The SMILES string of the molecule is C/C(=N\NC(=O)CCn1c2ccccc2c2ccccc21)c1cccs1. The number of aryl methyl sites for hydroxylation is 1. The highest BCUT2D eigenvalue weighted by molar-refractivity contribution is 7.12. The lowest BCUT2D eigenvalue weighted by atomic mass is 10.2. The number of thiophene rings is 1. The fourth-order valence-corrected chi connectivity index (χ4v) is 3.88. The third-order valence-electron chi connectivity index (χ3n) is 4.47. The third kappa shape index (κ3) is 3.13. The van der Waals surface area contributed by atoms with Crippen LogP contribution in [-0.4, -0.2) is 16.2 Å². The quantitative estimate of drug-likeness (QED) is 0.403. The van der Waals surface area contributed by atoms with Gasteiger partial charge in [0.25, 0.3) is 0 Å². The summed E-state index contributed by atoms with van der Waals surface area (Å²) in [6, 6.07) is 20.6. The number of amides is 1. The summed E-state index contributed by atoms with van der Waals surface area (Å²) in [5.41, 5.74) is 5.80. The second-order valence-corrected chi connectivity index (χ2v) is 7.09. The van der Waals surface area contributed by atoms with E-state index in [1.165, 1.54) is 10.8 Å². The topological polar surface area (TPSA) is 46.4 Å². The van der Waals surface area contributed by atoms with E-state index in [9.17, 15) is 4.79 Å². The highest BCUT2D eigenvalue weighted by Crippen LogP contribution is 2.28. The van der Waals surface area contributed by atoms with E-state index in [1.807, 2.05) is 48.7 Å². The number of para-hydroxylation sites is 2. The van der Waals surface area contributed by atoms with Crippen molar-refractivity contribution < 1.29 is 4.79 Å². The van der Waals surface area contributed by atoms with E-state index in [1.54, 1.807) is 11.3 Å². The van der Waals surface area contributed by atoms with Gasteiger partial charge in [0.15, 0.2) is 0 Å². The van der Waals surface area contributed by atoms with Gasteiger partial charge in [0.1, 0.15) is 0 Å². The van der Waals surface area contributed by atoms with Crippen LogP contribution < -0.4 is 5.43 Å². The molecule has 2 aromatic heterocycles. The fourth-order valence-electron chi connectivity index (χ4n) is 3.20. The molecule has 0 radical (unpaired) electrons. The van der Waals surface area contributed by atoms with E-state index in [-0.39, 0.29) is 5.91 Å². The molecular formula is C21H19N3OS. The molecular weight excluding hydrogens is 342 g/mol. The van der Waals surface area contributed by atoms with Crippen LogP contribution in [0.25, 0.3) is 21.8 Å². The molecule has 26 heavy (non-hydrogen) atoms. The van der Waals surface area contributed by atoms with Gasteiger partial charge in [0.2, 0.25) is 5.91 Å². The molecule has 0 aliphatic carbocycles. The number of carbonyl (C=O) groups is 1. The molecule has 2 aromatic carbocycles. The standard InChI is InChI=1S/C21H19N3OS/c1-15(20-11-6-14-26-20)22-23-21(25)12-13-24-18-9-4-2-7-16(18)17-8-3-5-10-19(17)24/h2-11,14H,12-13H2,1H3,(H,23,25)/b22-15+. The molecule has 0 fully saturated rings. The molecule has 0 saturated heterocycles. The van der Waals surface area contributed by atoms with Crippen LogP contribution in [0, 0.1) is 0 Å². The van der Waals surface area contributed by atoms with E-state index in [0.29, 0.717) is 13.0 Å². The van der Waals surface area contributed by atoms with Crippen LogP contribution in [-0.2, 0) is 11.3 Å². The van der Waals surface area contributed by atoms with Crippen LogP contribution in [0.3, 0.4) is 0 Å². The second-order valence-electron chi connectivity index (χ2n) is 6.15. The number of hydrazone groups is 1. The maximum absolute atomic E-state index is 12.3. The van der Waals surface area contributed by atoms with Gasteiger partial charge in [-0.05, 0) is 30.5 Å². The zero-order valence-electron chi connectivity index (χ0n) is 14.5. The minimum absolute atomic E-state index is 0.0808. The summed E-state index contributed by atoms with van der Waals surface area (Å²) in [5, 5.41) is 8.64. The fraction of sp³-hybridized carbons (Fsp3) is 0.143. The van der Waals surface area contributed by atoms with Crippen molar-refractivity contribution in [3.8, 4) is 0 Å². The van der Waals surface area contributed by atoms with Crippen molar-refractivity contribution in [3.05, 3.63) is 70.9 Å². The van der Waals surface area contributed by atoms with Gasteiger partial charge in [-0.3, -0.25) is 4.79 Å². The van der Waals surface area contributed by atoms with Crippen molar-refractivity contribution in [2.75, 3.05) is 0 Å². The first kappa shape index (κ1) is 16.5. The van der Waals surface area contributed by atoms with Gasteiger partial charge in [0.05, 0.1) is 5.71 Å². The highest BCUT2D eigenvalue weighted by Gasteiger charge is 2.11. The smallest absolute Gasteiger partial charge is 0.241 e. The number of nitrogens with one attached hydrogen (secondary N) is 1. The summed E-state index contributed by atoms with van der Waals surface area (Å²) in [6.07, 6.45) is 0.379.